The van der Waals surface area contributed by atoms with Crippen LogP contribution in [-0.2, 0) is 0 Å². The van der Waals surface area contributed by atoms with Gasteiger partial charge < -0.3 is 10.6 Å². The van der Waals surface area contributed by atoms with Crippen molar-refractivity contribution in [3.8, 4) is 0 Å². The molecule has 2 N–H and O–H groups in total. The highest BCUT2D eigenvalue weighted by molar-refractivity contribution is 6.06. The van der Waals surface area contributed by atoms with E-state index in [1.54, 1.807) is 6.20 Å². The molecule has 7 heteroatoms. The third-order valence-corrected chi connectivity index (χ3v) is 5.81. The van der Waals surface area contributed by atoms with Gasteiger partial charge in [0.1, 0.15) is 0 Å². The summed E-state index contributed by atoms with van der Waals surface area (Å²) in [6, 6.07) is 6.23. The summed E-state index contributed by atoms with van der Waals surface area (Å²) in [6.45, 7) is 2.53. The molecule has 1 aromatic heterocycles. The van der Waals surface area contributed by atoms with Gasteiger partial charge in [-0.15, -0.1) is 0 Å². The second kappa shape index (κ2) is 8.46. The van der Waals surface area contributed by atoms with E-state index in [0.717, 1.165) is 42.8 Å². The first-order valence-corrected chi connectivity index (χ1v) is 10.00. The van der Waals surface area contributed by atoms with Crippen LogP contribution in [0.4, 0.5) is 4.79 Å². The predicted molar refractivity (Wildman–Crippen MR) is 111 cm³/mol. The van der Waals surface area contributed by atoms with Gasteiger partial charge in [0.2, 0.25) is 0 Å². The molecule has 0 radical (unpaired) electrons. The van der Waals surface area contributed by atoms with Gasteiger partial charge in [0.05, 0.1) is 35.7 Å². The topological polar surface area (TPSA) is 91.1 Å². The third kappa shape index (κ3) is 3.88. The first-order chi connectivity index (χ1) is 13.8. The van der Waals surface area contributed by atoms with Crippen LogP contribution in [0.5, 0.6) is 0 Å². The molecule has 2 fully saturated rings. The van der Waals surface area contributed by atoms with Crippen molar-refractivity contribution in [3.63, 3.8) is 0 Å². The number of allylic oxidation sites excluding steroid dienone is 2. The maximum atomic E-state index is 11.8. The summed E-state index contributed by atoms with van der Waals surface area (Å²) in [5.41, 5.74) is 2.88. The molecule has 2 amide bonds. The Labute approximate surface area is 165 Å². The first-order valence-electron chi connectivity index (χ1n) is 10.00. The summed E-state index contributed by atoms with van der Waals surface area (Å²) >= 11 is 0. The monoisotopic (exact) mass is 378 g/mol. The number of urea groups is 1. The molecule has 1 saturated heterocycles. The number of aromatic nitrogens is 1. The van der Waals surface area contributed by atoms with Gasteiger partial charge >= 0.3 is 6.03 Å². The molecule has 0 bridgehead atoms. The van der Waals surface area contributed by atoms with Crippen molar-refractivity contribution in [2.24, 2.45) is 27.0 Å². The zero-order valence-corrected chi connectivity index (χ0v) is 16.1. The number of rotatable bonds is 4. The first kappa shape index (κ1) is 18.5. The fourth-order valence-electron chi connectivity index (χ4n) is 4.44. The molecule has 146 valence electrons. The number of hydrogen-bond acceptors (Lipinski definition) is 5. The number of carbonyl (C=O) groups excluding carboxylic acids is 1. The third-order valence-electron chi connectivity index (χ3n) is 5.81. The van der Waals surface area contributed by atoms with E-state index in [1.165, 1.54) is 0 Å². The number of carbonyl (C=O) groups is 1. The Balaban J connectivity index is 1.62. The summed E-state index contributed by atoms with van der Waals surface area (Å²) in [4.78, 5) is 20.8. The standard InChI is InChI=1S/C21H26N6O/c1-2-3-11-22-13-19-14-7-9-16-17(25-21(28)24-16)10-8-15(14)20(27-26-19)18-6-4-5-12-23-18/h2-6,11-12,14-17H,7-10,13H2,1H3,(H2,24,25,28)/b3-2-,22-11?. The summed E-state index contributed by atoms with van der Waals surface area (Å²) < 4.78 is 0. The van der Waals surface area contributed by atoms with Crippen molar-refractivity contribution in [2.45, 2.75) is 44.7 Å². The van der Waals surface area contributed by atoms with Gasteiger partial charge in [0, 0.05) is 24.2 Å². The minimum atomic E-state index is -0.0525. The summed E-state index contributed by atoms with van der Waals surface area (Å²) in [6.07, 6.45) is 11.2. The minimum absolute atomic E-state index is 0.0525. The number of hydrogen-bond donors (Lipinski definition) is 2. The van der Waals surface area contributed by atoms with Crippen LogP contribution in [0.25, 0.3) is 0 Å². The lowest BCUT2D eigenvalue weighted by Gasteiger charge is -2.35. The SMILES string of the molecule is C/C=C\C=NCC1=NN=C(c2ccccn2)C2CCC3NC(=O)NC3CCC12. The Morgan fingerprint density at radius 2 is 1.89 bits per heavy atom. The van der Waals surface area contributed by atoms with E-state index < -0.39 is 0 Å². The number of amides is 2. The zero-order valence-electron chi connectivity index (χ0n) is 16.1. The maximum Gasteiger partial charge on any atom is 0.315 e. The Hall–Kier alpha value is -2.83. The fraction of sp³-hybridized carbons (Fsp3) is 0.476. The largest absolute Gasteiger partial charge is 0.333 e. The Kier molecular flexibility index (Phi) is 5.60. The number of nitrogens with zero attached hydrogens (tertiary/aromatic N) is 4. The van der Waals surface area contributed by atoms with Gasteiger partial charge in [0.25, 0.3) is 0 Å². The van der Waals surface area contributed by atoms with E-state index in [1.807, 2.05) is 43.5 Å². The molecule has 28 heavy (non-hydrogen) atoms. The Morgan fingerprint density at radius 1 is 1.11 bits per heavy atom. The van der Waals surface area contributed by atoms with Gasteiger partial charge in [-0.1, -0.05) is 12.1 Å². The molecule has 7 nitrogen and oxygen atoms in total. The van der Waals surface area contributed by atoms with Gasteiger partial charge in [-0.25, -0.2) is 4.79 Å². The quantitative estimate of drug-likeness (QED) is 0.789. The molecule has 1 saturated carbocycles. The normalized spacial score (nSPS) is 30.0. The number of fused-ring (bicyclic) bond motifs is 2. The zero-order chi connectivity index (χ0) is 19.3. The molecular formula is C21H26N6O. The molecule has 0 spiro atoms. The second-order valence-electron chi connectivity index (χ2n) is 7.51. The van der Waals surface area contributed by atoms with Crippen LogP contribution in [-0.4, -0.2) is 47.3 Å². The average Bonchev–Trinajstić information content (AvgIpc) is 3.06. The van der Waals surface area contributed by atoms with Gasteiger partial charge in [-0.05, 0) is 50.8 Å². The van der Waals surface area contributed by atoms with Crippen LogP contribution in [0.15, 0.2) is 51.7 Å². The van der Waals surface area contributed by atoms with E-state index in [9.17, 15) is 4.79 Å². The summed E-state index contributed by atoms with van der Waals surface area (Å²) in [5, 5.41) is 15.3. The van der Waals surface area contributed by atoms with E-state index in [-0.39, 0.29) is 30.0 Å². The van der Waals surface area contributed by atoms with Crippen LogP contribution in [0, 0.1) is 11.8 Å². The molecule has 4 atom stereocenters. The molecule has 1 aromatic rings. The number of pyridine rings is 1. The lowest BCUT2D eigenvalue weighted by atomic mass is 9.73. The van der Waals surface area contributed by atoms with Crippen molar-refractivity contribution in [2.75, 3.05) is 6.54 Å². The highest BCUT2D eigenvalue weighted by Crippen LogP contribution is 2.35. The van der Waals surface area contributed by atoms with Crippen molar-refractivity contribution in [3.05, 3.63) is 42.2 Å². The molecule has 1 aliphatic carbocycles. The molecule has 3 heterocycles. The molecule has 3 aliphatic rings. The number of nitrogens with one attached hydrogen (secondary N) is 2. The van der Waals surface area contributed by atoms with Crippen molar-refractivity contribution in [1.29, 1.82) is 0 Å². The predicted octanol–water partition coefficient (Wildman–Crippen LogP) is 2.74. The average molecular weight is 378 g/mol. The van der Waals surface area contributed by atoms with Crippen molar-refractivity contribution < 1.29 is 4.79 Å². The Bertz CT molecular complexity index is 829. The smallest absolute Gasteiger partial charge is 0.315 e. The lowest BCUT2D eigenvalue weighted by molar-refractivity contribution is 0.246. The van der Waals surface area contributed by atoms with E-state index >= 15 is 0 Å². The summed E-state index contributed by atoms with van der Waals surface area (Å²) in [5.74, 6) is 0.522. The molecule has 4 unspecified atom stereocenters. The molecule has 4 rings (SSSR count). The van der Waals surface area contributed by atoms with E-state index in [2.05, 4.69) is 30.8 Å². The maximum absolute atomic E-state index is 11.8. The van der Waals surface area contributed by atoms with Crippen LogP contribution >= 0.6 is 0 Å². The van der Waals surface area contributed by atoms with Crippen LogP contribution in [0.3, 0.4) is 0 Å². The van der Waals surface area contributed by atoms with E-state index in [4.69, 9.17) is 0 Å². The lowest BCUT2D eigenvalue weighted by Crippen LogP contribution is -2.42. The van der Waals surface area contributed by atoms with Gasteiger partial charge in [0.15, 0.2) is 0 Å². The minimum Gasteiger partial charge on any atom is -0.333 e. The second-order valence-corrected chi connectivity index (χ2v) is 7.51. The highest BCUT2D eigenvalue weighted by atomic mass is 16.2. The Morgan fingerprint density at radius 3 is 2.61 bits per heavy atom. The van der Waals surface area contributed by atoms with Crippen LogP contribution in [0.1, 0.15) is 38.3 Å². The van der Waals surface area contributed by atoms with Gasteiger partial charge in [-0.3, -0.25) is 9.98 Å². The van der Waals surface area contributed by atoms with Crippen LogP contribution < -0.4 is 10.6 Å². The highest BCUT2D eigenvalue weighted by Gasteiger charge is 2.40. The van der Waals surface area contributed by atoms with E-state index in [0.29, 0.717) is 6.54 Å². The molecular weight excluding hydrogens is 352 g/mol. The van der Waals surface area contributed by atoms with Gasteiger partial charge in [-0.2, -0.15) is 10.2 Å². The number of aliphatic imine (C=N–C) groups is 1. The summed E-state index contributed by atoms with van der Waals surface area (Å²) in [7, 11) is 0. The van der Waals surface area contributed by atoms with Crippen molar-refractivity contribution in [1.82, 2.24) is 15.6 Å². The molecule has 2 aliphatic heterocycles. The molecule has 0 aromatic carbocycles. The van der Waals surface area contributed by atoms with Crippen molar-refractivity contribution >= 4 is 23.7 Å². The van der Waals surface area contributed by atoms with Crippen LogP contribution in [0.2, 0.25) is 0 Å². The fourth-order valence-corrected chi connectivity index (χ4v) is 4.44.